The molecule has 4 rings (SSSR count). The van der Waals surface area contributed by atoms with Gasteiger partial charge in [-0.2, -0.15) is 9.61 Å². The zero-order valence-electron chi connectivity index (χ0n) is 18.8. The van der Waals surface area contributed by atoms with E-state index >= 15 is 0 Å². The number of sulfonamides is 1. The lowest BCUT2D eigenvalue weighted by Gasteiger charge is -2.19. The number of benzene rings is 2. The average Bonchev–Trinajstić information content (AvgIpc) is 3.17. The Balaban J connectivity index is 1.50. The molecule has 2 aromatic carbocycles. The molecule has 0 aliphatic heterocycles. The second-order valence-electron chi connectivity index (χ2n) is 7.94. The van der Waals surface area contributed by atoms with Crippen LogP contribution in [-0.4, -0.2) is 63.2 Å². The molecule has 7 nitrogen and oxygen atoms in total. The van der Waals surface area contributed by atoms with E-state index < -0.39 is 10.0 Å². The minimum absolute atomic E-state index is 0.340. The van der Waals surface area contributed by atoms with Crippen molar-refractivity contribution in [2.75, 3.05) is 25.5 Å². The van der Waals surface area contributed by atoms with E-state index in [1.807, 2.05) is 44.2 Å². The summed E-state index contributed by atoms with van der Waals surface area (Å²) in [6.45, 7) is 0.945. The van der Waals surface area contributed by atoms with E-state index in [2.05, 4.69) is 10.4 Å². The van der Waals surface area contributed by atoms with Gasteiger partial charge in [-0.3, -0.25) is 0 Å². The third-order valence-corrected chi connectivity index (χ3v) is 7.88. The van der Waals surface area contributed by atoms with Gasteiger partial charge in [0, 0.05) is 43.0 Å². The molecule has 0 saturated carbocycles. The van der Waals surface area contributed by atoms with Crippen molar-refractivity contribution >= 4 is 59.7 Å². The number of anilines is 1. The predicted octanol–water partition coefficient (Wildman–Crippen LogP) is 0.689. The Morgan fingerprint density at radius 2 is 1.82 bits per heavy atom. The Bertz CT molecular complexity index is 1410. The first kappa shape index (κ1) is 23.4. The average molecular weight is 480 g/mol. The first-order valence-corrected chi connectivity index (χ1v) is 12.5. The Hall–Kier alpha value is -2.81. The maximum absolute atomic E-state index is 12.9. The van der Waals surface area contributed by atoms with Crippen molar-refractivity contribution in [3.63, 3.8) is 0 Å². The smallest absolute Gasteiger partial charge is 0.242 e. The number of nitrogens with one attached hydrogen (secondary N) is 1. The van der Waals surface area contributed by atoms with Crippen molar-refractivity contribution in [3.8, 4) is 11.3 Å². The highest BCUT2D eigenvalue weighted by Crippen LogP contribution is 2.28. The van der Waals surface area contributed by atoms with Gasteiger partial charge in [-0.05, 0) is 24.0 Å². The third-order valence-electron chi connectivity index (χ3n) is 5.54. The van der Waals surface area contributed by atoms with E-state index in [9.17, 15) is 8.42 Å². The van der Waals surface area contributed by atoms with Crippen LogP contribution in [0.15, 0.2) is 65.7 Å². The van der Waals surface area contributed by atoms with E-state index in [1.54, 1.807) is 43.8 Å². The number of hydrogen-bond donors (Lipinski definition) is 1. The van der Waals surface area contributed by atoms with Gasteiger partial charge in [0.05, 0.1) is 10.6 Å². The molecule has 4 aromatic rings. The summed E-state index contributed by atoms with van der Waals surface area (Å²) in [7, 11) is 1.84. The van der Waals surface area contributed by atoms with Crippen LogP contribution in [0, 0.1) is 0 Å². The Kier molecular flexibility index (Phi) is 6.78. The van der Waals surface area contributed by atoms with Crippen molar-refractivity contribution in [2.45, 2.75) is 11.3 Å². The van der Waals surface area contributed by atoms with Gasteiger partial charge >= 0.3 is 0 Å². The fraction of sp³-hybridized carbons (Fsp3) is 0.182. The van der Waals surface area contributed by atoms with Gasteiger partial charge in [0.2, 0.25) is 10.0 Å². The summed E-state index contributed by atoms with van der Waals surface area (Å²) >= 11 is 6.40. The Morgan fingerprint density at radius 3 is 2.58 bits per heavy atom. The summed E-state index contributed by atoms with van der Waals surface area (Å²) in [5.41, 5.74) is 4.03. The summed E-state index contributed by atoms with van der Waals surface area (Å²) in [6, 6.07) is 16.5. The standard InChI is InChI=1S/C22H24B2ClN5O2S/c1-29(33(31,32)20-10-5-3-8-16(20)23)12-6-11-26-21-13-19(15-7-2-4-9-18(15)25)28-22-17(24)14-27-30(21)22/h2-5,7-10,13-14,26H,6,11-12,23-24H2,1H3. The Labute approximate surface area is 200 Å². The number of rotatable bonds is 8. The lowest BCUT2D eigenvalue weighted by molar-refractivity contribution is 0.466. The fourth-order valence-electron chi connectivity index (χ4n) is 3.66. The highest BCUT2D eigenvalue weighted by Gasteiger charge is 2.21. The van der Waals surface area contributed by atoms with Crippen LogP contribution < -0.4 is 16.2 Å². The van der Waals surface area contributed by atoms with Crippen molar-refractivity contribution in [1.29, 1.82) is 0 Å². The second kappa shape index (κ2) is 9.59. The van der Waals surface area contributed by atoms with Gasteiger partial charge in [0.15, 0.2) is 5.65 Å². The van der Waals surface area contributed by atoms with E-state index in [4.69, 9.17) is 16.6 Å². The lowest BCUT2D eigenvalue weighted by Crippen LogP contribution is -2.32. The van der Waals surface area contributed by atoms with Crippen LogP contribution in [0.2, 0.25) is 5.02 Å². The molecule has 11 heteroatoms. The molecule has 168 valence electrons. The molecule has 0 atom stereocenters. The maximum Gasteiger partial charge on any atom is 0.242 e. The zero-order valence-corrected chi connectivity index (χ0v) is 20.4. The largest absolute Gasteiger partial charge is 0.370 e. The third kappa shape index (κ3) is 4.78. The number of halogens is 1. The van der Waals surface area contributed by atoms with Crippen LogP contribution in [0.25, 0.3) is 16.9 Å². The van der Waals surface area contributed by atoms with Gasteiger partial charge in [-0.1, -0.05) is 53.5 Å². The molecule has 2 heterocycles. The van der Waals surface area contributed by atoms with Crippen molar-refractivity contribution in [1.82, 2.24) is 18.9 Å². The normalized spacial score (nSPS) is 11.8. The molecule has 2 aromatic heterocycles. The number of hydrogen-bond acceptors (Lipinski definition) is 5. The first-order chi connectivity index (χ1) is 15.8. The predicted molar refractivity (Wildman–Crippen MR) is 139 cm³/mol. The van der Waals surface area contributed by atoms with E-state index in [-0.39, 0.29) is 0 Å². The molecular formula is C22H24B2ClN5O2S. The molecular weight excluding hydrogens is 455 g/mol. The molecule has 0 aliphatic rings. The monoisotopic (exact) mass is 479 g/mol. The summed E-state index contributed by atoms with van der Waals surface area (Å²) in [4.78, 5) is 5.09. The minimum Gasteiger partial charge on any atom is -0.370 e. The van der Waals surface area contributed by atoms with Crippen molar-refractivity contribution < 1.29 is 8.42 Å². The summed E-state index contributed by atoms with van der Waals surface area (Å²) in [6.07, 6.45) is 2.39. The summed E-state index contributed by atoms with van der Waals surface area (Å²) < 4.78 is 28.9. The summed E-state index contributed by atoms with van der Waals surface area (Å²) in [5.74, 6) is 0.771. The Morgan fingerprint density at radius 1 is 1.09 bits per heavy atom. The number of aromatic nitrogens is 3. The van der Waals surface area contributed by atoms with Crippen LogP contribution in [0.3, 0.4) is 0 Å². The van der Waals surface area contributed by atoms with Crippen LogP contribution in [0.1, 0.15) is 6.42 Å². The highest BCUT2D eigenvalue weighted by atomic mass is 35.5. The molecule has 33 heavy (non-hydrogen) atoms. The zero-order chi connectivity index (χ0) is 23.6. The van der Waals surface area contributed by atoms with Gasteiger partial charge in [-0.25, -0.2) is 17.7 Å². The first-order valence-electron chi connectivity index (χ1n) is 10.6. The topological polar surface area (TPSA) is 79.6 Å². The van der Waals surface area contributed by atoms with Crippen LogP contribution in [0.5, 0.6) is 0 Å². The second-order valence-corrected chi connectivity index (χ2v) is 10.4. The number of fused-ring (bicyclic) bond motifs is 1. The van der Waals surface area contributed by atoms with Crippen LogP contribution >= 0.6 is 11.6 Å². The molecule has 1 N–H and O–H groups in total. The van der Waals surface area contributed by atoms with Gasteiger partial charge < -0.3 is 5.32 Å². The van der Waals surface area contributed by atoms with E-state index in [0.29, 0.717) is 29.4 Å². The van der Waals surface area contributed by atoms with Gasteiger partial charge in [-0.15, -0.1) is 0 Å². The lowest BCUT2D eigenvalue weighted by atomic mass is 9.97. The molecule has 0 spiro atoms. The quantitative estimate of drug-likeness (QED) is 0.297. The van der Waals surface area contributed by atoms with Gasteiger partial charge in [0.25, 0.3) is 0 Å². The SMILES string of the molecule is Bc1ccccc1S(=O)(=O)N(C)CCCNc1cc(-c2ccccc2Cl)nc2c(B)cnn12. The van der Waals surface area contributed by atoms with Crippen LogP contribution in [0.4, 0.5) is 5.82 Å². The molecule has 0 unspecified atom stereocenters. The fourth-order valence-corrected chi connectivity index (χ4v) is 5.32. The highest BCUT2D eigenvalue weighted by molar-refractivity contribution is 7.89. The maximum atomic E-state index is 12.9. The number of nitrogens with zero attached hydrogens (tertiary/aromatic N) is 4. The van der Waals surface area contributed by atoms with Gasteiger partial charge in [0.1, 0.15) is 21.5 Å². The van der Waals surface area contributed by atoms with E-state index in [1.165, 1.54) is 4.31 Å². The molecule has 0 radical (unpaired) electrons. The molecule has 0 fully saturated rings. The summed E-state index contributed by atoms with van der Waals surface area (Å²) in [5, 5.41) is 8.44. The molecule has 0 aliphatic carbocycles. The van der Waals surface area contributed by atoms with Crippen LogP contribution in [-0.2, 0) is 10.0 Å². The molecule has 0 amide bonds. The van der Waals surface area contributed by atoms with E-state index in [0.717, 1.165) is 33.6 Å². The minimum atomic E-state index is -3.53. The molecule has 0 saturated heterocycles. The van der Waals surface area contributed by atoms with Crippen molar-refractivity contribution in [3.05, 3.63) is 65.8 Å². The molecule has 0 bridgehead atoms. The van der Waals surface area contributed by atoms with Crippen molar-refractivity contribution in [2.24, 2.45) is 0 Å².